The molecule has 6 heteroatoms. The van der Waals surface area contributed by atoms with E-state index < -0.39 is 17.4 Å². The van der Waals surface area contributed by atoms with Crippen LogP contribution in [0.5, 0.6) is 0 Å². The minimum absolute atomic E-state index is 0.570. The second-order valence-electron chi connectivity index (χ2n) is 4.17. The fourth-order valence-corrected chi connectivity index (χ4v) is 1.72. The minimum atomic E-state index is -1.16. The molecule has 17 heavy (non-hydrogen) atoms. The Labute approximate surface area is 104 Å². The molecule has 1 N–H and O–H groups in total. The highest BCUT2D eigenvalue weighted by Crippen LogP contribution is 2.30. The molecule has 0 bridgehead atoms. The third-order valence-corrected chi connectivity index (χ3v) is 2.92. The third kappa shape index (κ3) is 2.90. The molecule has 0 unspecified atom stereocenters. The Kier molecular flexibility index (Phi) is 3.99. The Morgan fingerprint density at radius 3 is 2.41 bits per heavy atom. The van der Waals surface area contributed by atoms with E-state index in [0.29, 0.717) is 5.02 Å². The van der Waals surface area contributed by atoms with E-state index in [1.807, 2.05) is 0 Å². The first kappa shape index (κ1) is 13.4. The van der Waals surface area contributed by atoms with Crippen LogP contribution in [0.25, 0.3) is 10.4 Å². The van der Waals surface area contributed by atoms with Crippen molar-refractivity contribution >= 4 is 17.6 Å². The quantitative estimate of drug-likeness (QED) is 0.507. The first-order chi connectivity index (χ1) is 7.89. The molecule has 0 aliphatic rings. The van der Waals surface area contributed by atoms with Gasteiger partial charge in [-0.15, -0.1) is 0 Å². The highest BCUT2D eigenvalue weighted by Gasteiger charge is 2.36. The van der Waals surface area contributed by atoms with Crippen molar-refractivity contribution in [2.24, 2.45) is 5.11 Å². The predicted octanol–water partition coefficient (Wildman–Crippen LogP) is 3.38. The lowest BCUT2D eigenvalue weighted by Gasteiger charge is -2.28. The van der Waals surface area contributed by atoms with Crippen LogP contribution in [0.15, 0.2) is 29.4 Å². The van der Waals surface area contributed by atoms with Gasteiger partial charge in [0.25, 0.3) is 0 Å². The topological polar surface area (TPSA) is 86.1 Å². The van der Waals surface area contributed by atoms with Crippen molar-refractivity contribution in [3.8, 4) is 0 Å². The van der Waals surface area contributed by atoms with Crippen molar-refractivity contribution in [3.05, 3.63) is 45.3 Å². The lowest BCUT2D eigenvalue weighted by Crippen LogP contribution is -2.38. The zero-order chi connectivity index (χ0) is 13.1. The van der Waals surface area contributed by atoms with Gasteiger partial charge in [-0.25, -0.2) is 0 Å². The number of rotatable bonds is 4. The van der Waals surface area contributed by atoms with Gasteiger partial charge in [0.2, 0.25) is 0 Å². The summed E-state index contributed by atoms with van der Waals surface area (Å²) in [6.07, 6.45) is 0. The zero-order valence-corrected chi connectivity index (χ0v) is 10.2. The van der Waals surface area contributed by atoms with Gasteiger partial charge in [-0.3, -0.25) is 4.79 Å². The summed E-state index contributed by atoms with van der Waals surface area (Å²) in [5.74, 6) is -1.15. The van der Waals surface area contributed by atoms with E-state index in [1.165, 1.54) is 0 Å². The Morgan fingerprint density at radius 1 is 1.47 bits per heavy atom. The van der Waals surface area contributed by atoms with Crippen LogP contribution in [0.1, 0.15) is 19.4 Å². The smallest absolute Gasteiger partial charge is 0.313 e. The Hall–Kier alpha value is -1.71. The number of carboxylic acid groups (broad SMARTS) is 1. The second-order valence-corrected chi connectivity index (χ2v) is 4.61. The van der Waals surface area contributed by atoms with Crippen LogP contribution < -0.4 is 0 Å². The van der Waals surface area contributed by atoms with E-state index in [-0.39, 0.29) is 0 Å². The number of aliphatic carboxylic acids is 1. The molecular weight excluding hydrogens is 242 g/mol. The molecule has 0 heterocycles. The minimum Gasteiger partial charge on any atom is -0.481 e. The summed E-state index contributed by atoms with van der Waals surface area (Å²) in [5, 5.41) is 13.0. The van der Waals surface area contributed by atoms with Crippen LogP contribution in [0, 0.1) is 0 Å². The number of carboxylic acids is 1. The highest BCUT2D eigenvalue weighted by molar-refractivity contribution is 6.30. The summed E-state index contributed by atoms with van der Waals surface area (Å²) in [7, 11) is 0. The number of carbonyl (C=O) groups is 1. The number of azide groups is 1. The van der Waals surface area contributed by atoms with Crippen molar-refractivity contribution in [3.63, 3.8) is 0 Å². The lowest BCUT2D eigenvalue weighted by atomic mass is 9.78. The number of benzene rings is 1. The molecule has 0 radical (unpaired) electrons. The SMILES string of the molecule is CC(C)(c1ccc(Cl)cc1)[C@H](N=[N+]=[N-])C(=O)O. The molecule has 1 aromatic rings. The molecule has 5 nitrogen and oxygen atoms in total. The molecule has 0 fully saturated rings. The predicted molar refractivity (Wildman–Crippen MR) is 65.0 cm³/mol. The molecule has 0 aromatic heterocycles. The number of hydrogen-bond acceptors (Lipinski definition) is 2. The van der Waals surface area contributed by atoms with Crippen LogP contribution in [0.3, 0.4) is 0 Å². The molecule has 0 aliphatic heterocycles. The van der Waals surface area contributed by atoms with Gasteiger partial charge in [-0.05, 0) is 23.2 Å². The average molecular weight is 254 g/mol. The van der Waals surface area contributed by atoms with Gasteiger partial charge in [0, 0.05) is 15.3 Å². The van der Waals surface area contributed by atoms with Gasteiger partial charge >= 0.3 is 5.97 Å². The van der Waals surface area contributed by atoms with Gasteiger partial charge in [0.05, 0.1) is 0 Å². The molecule has 0 amide bonds. The Bertz CT molecular complexity index is 462. The van der Waals surface area contributed by atoms with Gasteiger partial charge in [-0.2, -0.15) is 0 Å². The van der Waals surface area contributed by atoms with E-state index in [1.54, 1.807) is 38.1 Å². The Balaban J connectivity index is 3.19. The molecule has 0 saturated heterocycles. The normalized spacial score (nSPS) is 12.6. The van der Waals surface area contributed by atoms with Gasteiger partial charge < -0.3 is 5.11 Å². The maximum atomic E-state index is 11.1. The molecular formula is C11H12ClN3O2. The number of hydrogen-bond donors (Lipinski definition) is 1. The van der Waals surface area contributed by atoms with Gasteiger partial charge in [-0.1, -0.05) is 42.7 Å². The molecule has 0 spiro atoms. The molecule has 0 aliphatic carbocycles. The van der Waals surface area contributed by atoms with Crippen molar-refractivity contribution < 1.29 is 9.90 Å². The van der Waals surface area contributed by atoms with Crippen LogP contribution in [-0.2, 0) is 10.2 Å². The van der Waals surface area contributed by atoms with Crippen molar-refractivity contribution in [2.45, 2.75) is 25.3 Å². The molecule has 90 valence electrons. The number of nitrogens with zero attached hydrogens (tertiary/aromatic N) is 3. The van der Waals surface area contributed by atoms with E-state index in [2.05, 4.69) is 10.0 Å². The first-order valence-electron chi connectivity index (χ1n) is 4.92. The van der Waals surface area contributed by atoms with Crippen molar-refractivity contribution in [1.29, 1.82) is 0 Å². The fraction of sp³-hybridized carbons (Fsp3) is 0.364. The average Bonchev–Trinajstić information content (AvgIpc) is 2.25. The zero-order valence-electron chi connectivity index (χ0n) is 9.46. The van der Waals surface area contributed by atoms with E-state index in [4.69, 9.17) is 22.2 Å². The Morgan fingerprint density at radius 2 is 2.00 bits per heavy atom. The standard InChI is InChI=1S/C11H12ClN3O2/c1-11(2,9(10(16)17)14-15-13)7-3-5-8(12)6-4-7/h3-6,9H,1-2H3,(H,16,17)/t9-/m1/s1. The van der Waals surface area contributed by atoms with Gasteiger partial charge in [0.15, 0.2) is 0 Å². The summed E-state index contributed by atoms with van der Waals surface area (Å²) in [5.41, 5.74) is 8.36. The van der Waals surface area contributed by atoms with Crippen LogP contribution >= 0.6 is 11.6 Å². The highest BCUT2D eigenvalue weighted by atomic mass is 35.5. The monoisotopic (exact) mass is 253 g/mol. The van der Waals surface area contributed by atoms with Crippen LogP contribution in [0.2, 0.25) is 5.02 Å². The maximum absolute atomic E-state index is 11.1. The fourth-order valence-electron chi connectivity index (χ4n) is 1.59. The summed E-state index contributed by atoms with van der Waals surface area (Å²) in [6.45, 7) is 3.42. The van der Waals surface area contributed by atoms with E-state index >= 15 is 0 Å². The lowest BCUT2D eigenvalue weighted by molar-refractivity contribution is -0.140. The summed E-state index contributed by atoms with van der Waals surface area (Å²) >= 11 is 5.77. The summed E-state index contributed by atoms with van der Waals surface area (Å²) < 4.78 is 0. The molecule has 1 aromatic carbocycles. The largest absolute Gasteiger partial charge is 0.481 e. The summed E-state index contributed by atoms with van der Waals surface area (Å²) in [4.78, 5) is 13.7. The van der Waals surface area contributed by atoms with Crippen molar-refractivity contribution in [2.75, 3.05) is 0 Å². The van der Waals surface area contributed by atoms with E-state index in [9.17, 15) is 4.79 Å². The van der Waals surface area contributed by atoms with Crippen LogP contribution in [0.4, 0.5) is 0 Å². The molecule has 1 rings (SSSR count). The van der Waals surface area contributed by atoms with Crippen LogP contribution in [-0.4, -0.2) is 17.1 Å². The van der Waals surface area contributed by atoms with Gasteiger partial charge in [0.1, 0.15) is 6.04 Å². The molecule has 1 atom stereocenters. The second kappa shape index (κ2) is 5.08. The first-order valence-corrected chi connectivity index (χ1v) is 5.30. The van der Waals surface area contributed by atoms with E-state index in [0.717, 1.165) is 5.56 Å². The summed E-state index contributed by atoms with van der Waals surface area (Å²) in [6, 6.07) is 5.64. The maximum Gasteiger partial charge on any atom is 0.313 e. The number of halogens is 1. The molecule has 0 saturated carbocycles. The third-order valence-electron chi connectivity index (χ3n) is 2.67. The van der Waals surface area contributed by atoms with Crippen molar-refractivity contribution in [1.82, 2.24) is 0 Å².